The van der Waals surface area contributed by atoms with Gasteiger partial charge in [0.2, 0.25) is 5.78 Å². The van der Waals surface area contributed by atoms with Gasteiger partial charge in [-0.1, -0.05) is 5.21 Å². The number of aryl methyl sites for hydroxylation is 1. The molecule has 5 nitrogen and oxygen atoms in total. The van der Waals surface area contributed by atoms with Crippen molar-refractivity contribution in [2.75, 3.05) is 0 Å². The molecule has 1 aromatic rings. The van der Waals surface area contributed by atoms with Gasteiger partial charge in [0.25, 0.3) is 0 Å². The summed E-state index contributed by atoms with van der Waals surface area (Å²) < 4.78 is 1.45. The van der Waals surface area contributed by atoms with Crippen LogP contribution in [0.1, 0.15) is 23.3 Å². The zero-order chi connectivity index (χ0) is 9.42. The molecule has 1 aliphatic carbocycles. The van der Waals surface area contributed by atoms with E-state index < -0.39 is 6.10 Å². The fraction of sp³-hybridized carbons (Fsp3) is 0.625. The number of aromatic nitrogens is 3. The lowest BCUT2D eigenvalue weighted by atomic mass is 10.1. The highest BCUT2D eigenvalue weighted by Crippen LogP contribution is 2.33. The number of aliphatic hydroxyl groups is 1. The predicted octanol–water partition coefficient (Wildman–Crippen LogP) is -0.231. The molecule has 1 heterocycles. The summed E-state index contributed by atoms with van der Waals surface area (Å²) in [6.07, 6.45) is 2.52. The van der Waals surface area contributed by atoms with Crippen LogP contribution in [0.2, 0.25) is 0 Å². The Morgan fingerprint density at radius 2 is 2.46 bits per heavy atom. The fourth-order valence-corrected chi connectivity index (χ4v) is 1.24. The van der Waals surface area contributed by atoms with E-state index in [1.54, 1.807) is 7.05 Å². The molecule has 0 bridgehead atoms. The molecule has 1 aliphatic rings. The van der Waals surface area contributed by atoms with Crippen LogP contribution in [0.5, 0.6) is 0 Å². The van der Waals surface area contributed by atoms with Crippen molar-refractivity contribution in [3.63, 3.8) is 0 Å². The first-order valence-corrected chi connectivity index (χ1v) is 4.27. The third-order valence-corrected chi connectivity index (χ3v) is 2.19. The van der Waals surface area contributed by atoms with Crippen molar-refractivity contribution in [3.05, 3.63) is 11.9 Å². The number of ketones is 1. The quantitative estimate of drug-likeness (QED) is 0.654. The van der Waals surface area contributed by atoms with E-state index >= 15 is 0 Å². The summed E-state index contributed by atoms with van der Waals surface area (Å²) in [7, 11) is 1.69. The fourth-order valence-electron chi connectivity index (χ4n) is 1.24. The Hall–Kier alpha value is -1.23. The average molecular weight is 181 g/mol. The van der Waals surface area contributed by atoms with Gasteiger partial charge in [0, 0.05) is 7.05 Å². The summed E-state index contributed by atoms with van der Waals surface area (Å²) in [5.41, 5.74) is 0.252. The molecule has 0 aromatic carbocycles. The lowest BCUT2D eigenvalue weighted by Crippen LogP contribution is -2.22. The van der Waals surface area contributed by atoms with E-state index in [4.69, 9.17) is 0 Å². The van der Waals surface area contributed by atoms with Gasteiger partial charge in [0.1, 0.15) is 6.10 Å². The molecule has 5 heteroatoms. The summed E-state index contributed by atoms with van der Waals surface area (Å²) in [5.74, 6) is -0.162. The number of nitrogens with zero attached hydrogens (tertiary/aromatic N) is 3. The number of aliphatic hydroxyl groups excluding tert-OH is 1. The van der Waals surface area contributed by atoms with Crippen LogP contribution in [-0.4, -0.2) is 32.0 Å². The van der Waals surface area contributed by atoms with E-state index in [0.29, 0.717) is 0 Å². The summed E-state index contributed by atoms with van der Waals surface area (Å²) in [5, 5.41) is 16.8. The van der Waals surface area contributed by atoms with Gasteiger partial charge in [0.15, 0.2) is 5.69 Å². The van der Waals surface area contributed by atoms with Crippen LogP contribution in [0.25, 0.3) is 0 Å². The second-order valence-corrected chi connectivity index (χ2v) is 3.42. The highest BCUT2D eigenvalue weighted by atomic mass is 16.3. The first-order chi connectivity index (χ1) is 6.18. The Labute approximate surface area is 75.4 Å². The lowest BCUT2D eigenvalue weighted by molar-refractivity contribution is 0.0698. The van der Waals surface area contributed by atoms with Crippen LogP contribution in [0.4, 0.5) is 0 Å². The monoisotopic (exact) mass is 181 g/mol. The van der Waals surface area contributed by atoms with Crippen molar-refractivity contribution in [3.8, 4) is 0 Å². The number of rotatable bonds is 3. The van der Waals surface area contributed by atoms with E-state index in [0.717, 1.165) is 12.8 Å². The molecule has 1 fully saturated rings. The smallest absolute Gasteiger partial charge is 0.213 e. The highest BCUT2D eigenvalue weighted by Gasteiger charge is 2.35. The first kappa shape index (κ1) is 8.37. The molecule has 0 saturated heterocycles. The molecule has 0 aliphatic heterocycles. The van der Waals surface area contributed by atoms with E-state index in [2.05, 4.69) is 10.3 Å². The Kier molecular flexibility index (Phi) is 1.88. The average Bonchev–Trinajstić information content (AvgIpc) is 2.87. The molecule has 0 spiro atoms. The molecule has 70 valence electrons. The molecule has 1 aromatic heterocycles. The highest BCUT2D eigenvalue weighted by molar-refractivity contribution is 5.97. The molecule has 0 amide bonds. The van der Waals surface area contributed by atoms with Crippen molar-refractivity contribution >= 4 is 5.78 Å². The van der Waals surface area contributed by atoms with Crippen LogP contribution in [0, 0.1) is 5.92 Å². The SMILES string of the molecule is Cn1cc(C(=O)C(O)C2CC2)nn1. The molecular formula is C8H11N3O2. The van der Waals surface area contributed by atoms with Gasteiger partial charge in [-0.3, -0.25) is 9.48 Å². The van der Waals surface area contributed by atoms with Gasteiger partial charge >= 0.3 is 0 Å². The Balaban J connectivity index is 2.11. The Morgan fingerprint density at radius 3 is 2.92 bits per heavy atom. The molecular weight excluding hydrogens is 170 g/mol. The molecule has 2 rings (SSSR count). The molecule has 1 unspecified atom stereocenters. The summed E-state index contributed by atoms with van der Waals surface area (Å²) in [4.78, 5) is 11.5. The van der Waals surface area contributed by atoms with Crippen LogP contribution in [0.15, 0.2) is 6.20 Å². The number of Topliss-reactive ketones (excluding diaryl/α,β-unsaturated/α-hetero) is 1. The Bertz CT molecular complexity index is 330. The topological polar surface area (TPSA) is 68.0 Å². The molecule has 1 saturated carbocycles. The maximum atomic E-state index is 11.5. The third-order valence-electron chi connectivity index (χ3n) is 2.19. The Morgan fingerprint density at radius 1 is 1.77 bits per heavy atom. The third kappa shape index (κ3) is 1.60. The van der Waals surface area contributed by atoms with Crippen LogP contribution >= 0.6 is 0 Å². The van der Waals surface area contributed by atoms with Gasteiger partial charge in [-0.15, -0.1) is 5.10 Å². The van der Waals surface area contributed by atoms with Gasteiger partial charge in [-0.2, -0.15) is 0 Å². The largest absolute Gasteiger partial charge is 0.385 e. The predicted molar refractivity (Wildman–Crippen MR) is 44.1 cm³/mol. The molecule has 0 radical (unpaired) electrons. The van der Waals surface area contributed by atoms with Crippen LogP contribution in [0.3, 0.4) is 0 Å². The second-order valence-electron chi connectivity index (χ2n) is 3.42. The van der Waals surface area contributed by atoms with Crippen molar-refractivity contribution in [1.82, 2.24) is 15.0 Å². The van der Waals surface area contributed by atoms with Gasteiger partial charge in [-0.25, -0.2) is 0 Å². The minimum atomic E-state index is -0.878. The maximum Gasteiger partial charge on any atom is 0.213 e. The summed E-state index contributed by atoms with van der Waals surface area (Å²) in [6.45, 7) is 0. The zero-order valence-electron chi connectivity index (χ0n) is 7.34. The van der Waals surface area contributed by atoms with Gasteiger partial charge in [-0.05, 0) is 18.8 Å². The van der Waals surface area contributed by atoms with Crippen molar-refractivity contribution < 1.29 is 9.90 Å². The van der Waals surface area contributed by atoms with E-state index in [-0.39, 0.29) is 17.4 Å². The van der Waals surface area contributed by atoms with E-state index in [1.165, 1.54) is 10.9 Å². The zero-order valence-corrected chi connectivity index (χ0v) is 7.34. The number of hydrogen-bond acceptors (Lipinski definition) is 4. The molecule has 13 heavy (non-hydrogen) atoms. The van der Waals surface area contributed by atoms with Gasteiger partial charge in [0.05, 0.1) is 6.20 Å². The minimum absolute atomic E-state index is 0.148. The normalized spacial score (nSPS) is 18.6. The standard InChI is InChI=1S/C8H11N3O2/c1-11-4-6(9-10-11)8(13)7(12)5-2-3-5/h4-5,7,12H,2-3H2,1H3. The number of carbonyl (C=O) groups excluding carboxylic acids is 1. The van der Waals surface area contributed by atoms with Crippen LogP contribution < -0.4 is 0 Å². The van der Waals surface area contributed by atoms with Crippen LogP contribution in [-0.2, 0) is 7.05 Å². The summed E-state index contributed by atoms with van der Waals surface area (Å²) >= 11 is 0. The van der Waals surface area contributed by atoms with Gasteiger partial charge < -0.3 is 5.11 Å². The minimum Gasteiger partial charge on any atom is -0.385 e. The molecule has 1 N–H and O–H groups in total. The van der Waals surface area contributed by atoms with E-state index in [1.807, 2.05) is 0 Å². The van der Waals surface area contributed by atoms with Crippen molar-refractivity contribution in [2.45, 2.75) is 18.9 Å². The second kappa shape index (κ2) is 2.92. The van der Waals surface area contributed by atoms with Crippen molar-refractivity contribution in [2.24, 2.45) is 13.0 Å². The summed E-state index contributed by atoms with van der Waals surface area (Å²) in [6, 6.07) is 0. The number of carbonyl (C=O) groups is 1. The lowest BCUT2D eigenvalue weighted by Gasteiger charge is -2.03. The van der Waals surface area contributed by atoms with E-state index in [9.17, 15) is 9.90 Å². The van der Waals surface area contributed by atoms with Crippen molar-refractivity contribution in [1.29, 1.82) is 0 Å². The molecule has 1 atom stereocenters. The maximum absolute atomic E-state index is 11.5. The first-order valence-electron chi connectivity index (χ1n) is 4.27. The number of hydrogen-bond donors (Lipinski definition) is 1.